The first kappa shape index (κ1) is 8.36. The van der Waals surface area contributed by atoms with Crippen molar-refractivity contribution in [2.24, 2.45) is 0 Å². The fourth-order valence-electron chi connectivity index (χ4n) is 0.775. The average molecular weight is 217 g/mol. The third-order valence-electron chi connectivity index (χ3n) is 1.46. The fraction of sp³-hybridized carbons (Fsp3) is 0.143. The van der Waals surface area contributed by atoms with Crippen molar-refractivity contribution >= 4 is 27.3 Å². The van der Waals surface area contributed by atoms with Crippen LogP contribution in [0.4, 0.5) is 11.4 Å². The van der Waals surface area contributed by atoms with Crippen LogP contribution in [0.2, 0.25) is 0 Å². The van der Waals surface area contributed by atoms with Crippen molar-refractivity contribution in [2.45, 2.75) is 6.61 Å². The number of halogens is 1. The summed E-state index contributed by atoms with van der Waals surface area (Å²) < 4.78 is 0.681. The zero-order valence-corrected chi connectivity index (χ0v) is 7.43. The molecule has 0 aliphatic rings. The first-order chi connectivity index (χ1) is 5.16. The van der Waals surface area contributed by atoms with Crippen LogP contribution in [-0.2, 0) is 6.61 Å². The number of nitrogen functional groups attached to an aromatic ring is 2. The Labute approximate surface area is 73.1 Å². The molecular formula is C7H9BrN2O. The lowest BCUT2D eigenvalue weighted by atomic mass is 10.2. The normalized spacial score (nSPS) is 10.0. The van der Waals surface area contributed by atoms with E-state index in [0.29, 0.717) is 15.8 Å². The van der Waals surface area contributed by atoms with E-state index in [1.54, 1.807) is 12.1 Å². The molecule has 0 heterocycles. The quantitative estimate of drug-likeness (QED) is 0.617. The fourth-order valence-corrected chi connectivity index (χ4v) is 1.26. The number of aliphatic hydroxyl groups is 1. The van der Waals surface area contributed by atoms with Gasteiger partial charge in [0.05, 0.1) is 18.0 Å². The van der Waals surface area contributed by atoms with Crippen LogP contribution >= 0.6 is 15.9 Å². The molecule has 0 aromatic heterocycles. The highest BCUT2D eigenvalue weighted by atomic mass is 79.9. The molecule has 5 N–H and O–H groups in total. The van der Waals surface area contributed by atoms with Gasteiger partial charge in [-0.3, -0.25) is 0 Å². The number of hydrogen-bond donors (Lipinski definition) is 3. The monoisotopic (exact) mass is 216 g/mol. The minimum atomic E-state index is -0.0366. The van der Waals surface area contributed by atoms with E-state index < -0.39 is 0 Å². The standard InChI is InChI=1S/C7H9BrN2O/c8-6-4(3-11)1-2-5(9)7(6)10/h1-2,11H,3,9-10H2. The molecule has 0 aliphatic heterocycles. The Morgan fingerprint density at radius 1 is 1.36 bits per heavy atom. The van der Waals surface area contributed by atoms with Gasteiger partial charge in [0.1, 0.15) is 0 Å². The number of benzene rings is 1. The van der Waals surface area contributed by atoms with Crippen LogP contribution in [0.3, 0.4) is 0 Å². The number of anilines is 2. The molecule has 0 bridgehead atoms. The van der Waals surface area contributed by atoms with Gasteiger partial charge in [-0.25, -0.2) is 0 Å². The zero-order valence-electron chi connectivity index (χ0n) is 5.84. The van der Waals surface area contributed by atoms with Gasteiger partial charge in [0.25, 0.3) is 0 Å². The Morgan fingerprint density at radius 2 is 2.00 bits per heavy atom. The largest absolute Gasteiger partial charge is 0.397 e. The van der Waals surface area contributed by atoms with E-state index in [-0.39, 0.29) is 6.61 Å². The first-order valence-corrected chi connectivity index (χ1v) is 3.89. The van der Waals surface area contributed by atoms with Gasteiger partial charge >= 0.3 is 0 Å². The van der Waals surface area contributed by atoms with Crippen LogP contribution in [0.5, 0.6) is 0 Å². The van der Waals surface area contributed by atoms with Gasteiger partial charge in [-0.05, 0) is 27.6 Å². The molecule has 0 radical (unpaired) electrons. The zero-order chi connectivity index (χ0) is 8.43. The van der Waals surface area contributed by atoms with Crippen molar-refractivity contribution in [3.8, 4) is 0 Å². The maximum atomic E-state index is 8.81. The molecule has 1 aromatic carbocycles. The summed E-state index contributed by atoms with van der Waals surface area (Å²) in [5.74, 6) is 0. The van der Waals surface area contributed by atoms with E-state index >= 15 is 0 Å². The highest BCUT2D eigenvalue weighted by molar-refractivity contribution is 9.10. The summed E-state index contributed by atoms with van der Waals surface area (Å²) in [5.41, 5.74) is 12.8. The van der Waals surface area contributed by atoms with Crippen molar-refractivity contribution in [1.82, 2.24) is 0 Å². The van der Waals surface area contributed by atoms with Crippen LogP contribution in [0, 0.1) is 0 Å². The molecule has 4 heteroatoms. The Kier molecular flexibility index (Phi) is 2.36. The Morgan fingerprint density at radius 3 is 2.55 bits per heavy atom. The smallest absolute Gasteiger partial charge is 0.0695 e. The number of nitrogens with two attached hydrogens (primary N) is 2. The second-order valence-electron chi connectivity index (χ2n) is 2.20. The molecule has 0 spiro atoms. The van der Waals surface area contributed by atoms with E-state index in [1.165, 1.54) is 0 Å². The third kappa shape index (κ3) is 1.46. The molecule has 11 heavy (non-hydrogen) atoms. The maximum Gasteiger partial charge on any atom is 0.0695 e. The van der Waals surface area contributed by atoms with Crippen LogP contribution in [0.25, 0.3) is 0 Å². The molecule has 0 fully saturated rings. The predicted molar refractivity (Wildman–Crippen MR) is 48.9 cm³/mol. The predicted octanol–water partition coefficient (Wildman–Crippen LogP) is 1.11. The molecule has 0 atom stereocenters. The minimum Gasteiger partial charge on any atom is -0.397 e. The highest BCUT2D eigenvalue weighted by Gasteiger charge is 2.04. The van der Waals surface area contributed by atoms with E-state index in [0.717, 1.165) is 5.56 Å². The Hall–Kier alpha value is -0.740. The van der Waals surface area contributed by atoms with Crippen molar-refractivity contribution < 1.29 is 5.11 Å². The lowest BCUT2D eigenvalue weighted by molar-refractivity contribution is 0.281. The van der Waals surface area contributed by atoms with Crippen LogP contribution in [0.15, 0.2) is 16.6 Å². The van der Waals surface area contributed by atoms with Crippen molar-refractivity contribution in [2.75, 3.05) is 11.5 Å². The van der Waals surface area contributed by atoms with Gasteiger partial charge < -0.3 is 16.6 Å². The summed E-state index contributed by atoms with van der Waals surface area (Å²) in [4.78, 5) is 0. The van der Waals surface area contributed by atoms with Gasteiger partial charge in [-0.2, -0.15) is 0 Å². The molecule has 0 saturated carbocycles. The van der Waals surface area contributed by atoms with E-state index in [9.17, 15) is 0 Å². The van der Waals surface area contributed by atoms with Crippen LogP contribution < -0.4 is 11.5 Å². The Bertz CT molecular complexity index is 275. The SMILES string of the molecule is Nc1ccc(CO)c(Br)c1N. The average Bonchev–Trinajstić information content (AvgIpc) is 2.01. The summed E-state index contributed by atoms with van der Waals surface area (Å²) in [6.07, 6.45) is 0. The summed E-state index contributed by atoms with van der Waals surface area (Å²) in [6.45, 7) is -0.0366. The molecule has 1 rings (SSSR count). The molecule has 0 aliphatic carbocycles. The van der Waals surface area contributed by atoms with Crippen LogP contribution in [0.1, 0.15) is 5.56 Å². The minimum absolute atomic E-state index is 0.0366. The van der Waals surface area contributed by atoms with Crippen molar-refractivity contribution in [3.05, 3.63) is 22.2 Å². The van der Waals surface area contributed by atoms with E-state index in [2.05, 4.69) is 15.9 Å². The number of aliphatic hydroxyl groups excluding tert-OH is 1. The van der Waals surface area contributed by atoms with Gasteiger partial charge in [-0.15, -0.1) is 0 Å². The second-order valence-corrected chi connectivity index (χ2v) is 2.99. The maximum absolute atomic E-state index is 8.81. The molecule has 0 unspecified atom stereocenters. The summed E-state index contributed by atoms with van der Waals surface area (Å²) >= 11 is 3.23. The summed E-state index contributed by atoms with van der Waals surface area (Å²) in [7, 11) is 0. The molecule has 1 aromatic rings. The number of rotatable bonds is 1. The van der Waals surface area contributed by atoms with Crippen LogP contribution in [-0.4, -0.2) is 5.11 Å². The molecule has 0 saturated heterocycles. The lowest BCUT2D eigenvalue weighted by Gasteiger charge is -2.05. The van der Waals surface area contributed by atoms with E-state index in [4.69, 9.17) is 16.6 Å². The first-order valence-electron chi connectivity index (χ1n) is 3.10. The molecular weight excluding hydrogens is 208 g/mol. The number of hydrogen-bond acceptors (Lipinski definition) is 3. The third-order valence-corrected chi connectivity index (χ3v) is 2.40. The van der Waals surface area contributed by atoms with E-state index in [1.807, 2.05) is 0 Å². The van der Waals surface area contributed by atoms with Crippen molar-refractivity contribution in [1.29, 1.82) is 0 Å². The molecule has 60 valence electrons. The van der Waals surface area contributed by atoms with Gasteiger partial charge in [-0.1, -0.05) is 6.07 Å². The van der Waals surface area contributed by atoms with Gasteiger partial charge in [0.15, 0.2) is 0 Å². The lowest BCUT2D eigenvalue weighted by Crippen LogP contribution is -1.98. The second kappa shape index (κ2) is 3.11. The Balaban J connectivity index is 3.25. The molecule has 3 nitrogen and oxygen atoms in total. The topological polar surface area (TPSA) is 72.3 Å². The van der Waals surface area contributed by atoms with Gasteiger partial charge in [0, 0.05) is 4.47 Å². The highest BCUT2D eigenvalue weighted by Crippen LogP contribution is 2.28. The molecule has 0 amide bonds. The van der Waals surface area contributed by atoms with Crippen molar-refractivity contribution in [3.63, 3.8) is 0 Å². The van der Waals surface area contributed by atoms with Gasteiger partial charge in [0.2, 0.25) is 0 Å². The summed E-state index contributed by atoms with van der Waals surface area (Å²) in [5, 5.41) is 8.81. The summed E-state index contributed by atoms with van der Waals surface area (Å²) in [6, 6.07) is 3.40.